The molecular formula is C15H12BrClN2O2. The summed E-state index contributed by atoms with van der Waals surface area (Å²) in [7, 11) is 1.56. The zero-order valence-electron chi connectivity index (χ0n) is 11.1. The first-order valence-corrected chi connectivity index (χ1v) is 7.20. The van der Waals surface area contributed by atoms with Crippen LogP contribution in [0.4, 0.5) is 0 Å². The molecule has 1 amide bonds. The highest BCUT2D eigenvalue weighted by Gasteiger charge is 2.05. The van der Waals surface area contributed by atoms with Gasteiger partial charge in [-0.1, -0.05) is 33.6 Å². The van der Waals surface area contributed by atoms with Crippen molar-refractivity contribution in [1.29, 1.82) is 0 Å². The highest BCUT2D eigenvalue weighted by atomic mass is 79.9. The third-order valence-electron chi connectivity index (χ3n) is 2.65. The molecule has 2 aromatic rings. The van der Waals surface area contributed by atoms with E-state index in [9.17, 15) is 4.79 Å². The number of hydrogen-bond donors (Lipinski definition) is 1. The van der Waals surface area contributed by atoms with Crippen molar-refractivity contribution >= 4 is 39.7 Å². The number of hydrazone groups is 1. The second-order valence-corrected chi connectivity index (χ2v) is 5.45. The van der Waals surface area contributed by atoms with Gasteiger partial charge in [0.05, 0.1) is 13.3 Å². The summed E-state index contributed by atoms with van der Waals surface area (Å²) < 4.78 is 6.02. The number of carbonyl (C=O) groups is 1. The quantitative estimate of drug-likeness (QED) is 0.659. The van der Waals surface area contributed by atoms with E-state index in [0.717, 1.165) is 4.47 Å². The topological polar surface area (TPSA) is 50.7 Å². The fourth-order valence-electron chi connectivity index (χ4n) is 1.66. The molecule has 2 aromatic carbocycles. The van der Waals surface area contributed by atoms with Gasteiger partial charge in [0.15, 0.2) is 0 Å². The minimum absolute atomic E-state index is 0.298. The molecule has 0 radical (unpaired) electrons. The van der Waals surface area contributed by atoms with Crippen LogP contribution in [0.15, 0.2) is 52.0 Å². The molecule has 2 rings (SSSR count). The van der Waals surface area contributed by atoms with E-state index in [1.165, 1.54) is 6.21 Å². The zero-order chi connectivity index (χ0) is 15.2. The Morgan fingerprint density at radius 1 is 1.33 bits per heavy atom. The molecule has 4 nitrogen and oxygen atoms in total. The van der Waals surface area contributed by atoms with E-state index >= 15 is 0 Å². The minimum atomic E-state index is -0.298. The number of methoxy groups -OCH3 is 1. The van der Waals surface area contributed by atoms with Gasteiger partial charge >= 0.3 is 0 Å². The van der Waals surface area contributed by atoms with Gasteiger partial charge in [0.25, 0.3) is 5.91 Å². The van der Waals surface area contributed by atoms with Crippen molar-refractivity contribution in [2.45, 2.75) is 0 Å². The van der Waals surface area contributed by atoms with Crippen LogP contribution in [0.25, 0.3) is 0 Å². The maximum Gasteiger partial charge on any atom is 0.271 e. The van der Waals surface area contributed by atoms with Crippen LogP contribution < -0.4 is 10.2 Å². The van der Waals surface area contributed by atoms with Gasteiger partial charge in [0.2, 0.25) is 0 Å². The predicted octanol–water partition coefficient (Wildman–Crippen LogP) is 3.88. The highest BCUT2D eigenvalue weighted by molar-refractivity contribution is 9.10. The molecule has 0 spiro atoms. The van der Waals surface area contributed by atoms with Crippen LogP contribution >= 0.6 is 27.5 Å². The Morgan fingerprint density at radius 2 is 2.14 bits per heavy atom. The Kier molecular flexibility index (Phi) is 5.36. The summed E-state index contributed by atoms with van der Waals surface area (Å²) in [5.74, 6) is 0.327. The van der Waals surface area contributed by atoms with E-state index in [1.807, 2.05) is 6.07 Å². The number of carbonyl (C=O) groups excluding carboxylic acids is 1. The van der Waals surface area contributed by atoms with Gasteiger partial charge in [-0.15, -0.1) is 0 Å². The smallest absolute Gasteiger partial charge is 0.271 e. The summed E-state index contributed by atoms with van der Waals surface area (Å²) in [6.45, 7) is 0. The fraction of sp³-hybridized carbons (Fsp3) is 0.0667. The monoisotopic (exact) mass is 366 g/mol. The molecule has 21 heavy (non-hydrogen) atoms. The van der Waals surface area contributed by atoms with Crippen LogP contribution in [-0.4, -0.2) is 19.2 Å². The van der Waals surface area contributed by atoms with E-state index in [4.69, 9.17) is 16.3 Å². The summed E-state index contributed by atoms with van der Waals surface area (Å²) in [6, 6.07) is 12.2. The molecule has 0 atom stereocenters. The van der Waals surface area contributed by atoms with Crippen molar-refractivity contribution in [2.75, 3.05) is 7.11 Å². The number of nitrogens with one attached hydrogen (secondary N) is 1. The molecule has 0 heterocycles. The van der Waals surface area contributed by atoms with Crippen molar-refractivity contribution < 1.29 is 9.53 Å². The molecule has 1 N–H and O–H groups in total. The highest BCUT2D eigenvalue weighted by Crippen LogP contribution is 2.20. The first kappa shape index (κ1) is 15.5. The largest absolute Gasteiger partial charge is 0.496 e. The molecule has 0 aromatic heterocycles. The lowest BCUT2D eigenvalue weighted by molar-refractivity contribution is 0.0955. The van der Waals surface area contributed by atoms with Gasteiger partial charge in [-0.05, 0) is 36.4 Å². The molecule has 0 aliphatic rings. The second-order valence-electron chi connectivity index (χ2n) is 4.10. The molecule has 0 saturated heterocycles. The van der Waals surface area contributed by atoms with Gasteiger partial charge in [-0.3, -0.25) is 4.79 Å². The summed E-state index contributed by atoms with van der Waals surface area (Å²) in [4.78, 5) is 11.9. The summed E-state index contributed by atoms with van der Waals surface area (Å²) in [5, 5.41) is 4.48. The molecular weight excluding hydrogens is 356 g/mol. The Hall–Kier alpha value is -1.85. The van der Waals surface area contributed by atoms with Crippen molar-refractivity contribution in [3.05, 3.63) is 63.1 Å². The Balaban J connectivity index is 2.09. The lowest BCUT2D eigenvalue weighted by Gasteiger charge is -2.04. The van der Waals surface area contributed by atoms with Crippen LogP contribution in [-0.2, 0) is 0 Å². The fourth-order valence-corrected chi connectivity index (χ4v) is 2.24. The van der Waals surface area contributed by atoms with Crippen LogP contribution in [0.2, 0.25) is 5.02 Å². The third kappa shape index (κ3) is 4.31. The maximum absolute atomic E-state index is 11.9. The predicted molar refractivity (Wildman–Crippen MR) is 87.2 cm³/mol. The van der Waals surface area contributed by atoms with Crippen LogP contribution in [0.5, 0.6) is 5.75 Å². The molecule has 6 heteroatoms. The van der Waals surface area contributed by atoms with Crippen molar-refractivity contribution in [3.8, 4) is 5.75 Å². The van der Waals surface area contributed by atoms with E-state index in [0.29, 0.717) is 21.9 Å². The molecule has 108 valence electrons. The van der Waals surface area contributed by atoms with Gasteiger partial charge < -0.3 is 4.74 Å². The molecule has 0 aliphatic carbocycles. The molecule has 0 bridgehead atoms. The number of ether oxygens (including phenoxy) is 1. The van der Waals surface area contributed by atoms with Crippen molar-refractivity contribution in [1.82, 2.24) is 5.43 Å². The van der Waals surface area contributed by atoms with Gasteiger partial charge in [-0.25, -0.2) is 5.43 Å². The number of halogens is 2. The Bertz CT molecular complexity index is 689. The normalized spacial score (nSPS) is 10.6. The molecule has 0 aliphatic heterocycles. The lowest BCUT2D eigenvalue weighted by atomic mass is 10.2. The van der Waals surface area contributed by atoms with Gasteiger partial charge in [0, 0.05) is 20.6 Å². The number of rotatable bonds is 4. The first-order valence-electron chi connectivity index (χ1n) is 6.02. The van der Waals surface area contributed by atoms with E-state index in [2.05, 4.69) is 26.5 Å². The number of benzene rings is 2. The van der Waals surface area contributed by atoms with E-state index < -0.39 is 0 Å². The van der Waals surface area contributed by atoms with E-state index in [1.54, 1.807) is 43.5 Å². The van der Waals surface area contributed by atoms with Crippen molar-refractivity contribution in [3.63, 3.8) is 0 Å². The van der Waals surface area contributed by atoms with Gasteiger partial charge in [-0.2, -0.15) is 5.10 Å². The zero-order valence-corrected chi connectivity index (χ0v) is 13.5. The average Bonchev–Trinajstić information content (AvgIpc) is 2.47. The van der Waals surface area contributed by atoms with Crippen molar-refractivity contribution in [2.24, 2.45) is 5.10 Å². The number of nitrogens with zero attached hydrogens (tertiary/aromatic N) is 1. The van der Waals surface area contributed by atoms with Crippen LogP contribution in [0.1, 0.15) is 15.9 Å². The summed E-state index contributed by atoms with van der Waals surface area (Å²) >= 11 is 9.23. The third-order valence-corrected chi connectivity index (χ3v) is 3.38. The Morgan fingerprint density at radius 3 is 2.86 bits per heavy atom. The minimum Gasteiger partial charge on any atom is -0.496 e. The lowest BCUT2D eigenvalue weighted by Crippen LogP contribution is -2.17. The second kappa shape index (κ2) is 7.24. The number of hydrogen-bond acceptors (Lipinski definition) is 3. The average molecular weight is 368 g/mol. The van der Waals surface area contributed by atoms with Crippen LogP contribution in [0.3, 0.4) is 0 Å². The van der Waals surface area contributed by atoms with E-state index in [-0.39, 0.29) is 5.91 Å². The molecule has 0 saturated carbocycles. The van der Waals surface area contributed by atoms with Crippen LogP contribution in [0, 0.1) is 0 Å². The maximum atomic E-state index is 11.9. The SMILES string of the molecule is COc1ccc(Cl)cc1/C=N/NC(=O)c1cccc(Br)c1. The molecule has 0 fully saturated rings. The number of amides is 1. The standard InChI is InChI=1S/C15H12BrClN2O2/c1-21-14-6-5-13(17)8-11(14)9-18-19-15(20)10-3-2-4-12(16)7-10/h2-9H,1H3,(H,19,20)/b18-9+. The summed E-state index contributed by atoms with van der Waals surface area (Å²) in [5.41, 5.74) is 3.65. The Labute approximate surface area is 135 Å². The summed E-state index contributed by atoms with van der Waals surface area (Å²) in [6.07, 6.45) is 1.49. The van der Waals surface area contributed by atoms with Gasteiger partial charge in [0.1, 0.15) is 5.75 Å². The molecule has 0 unspecified atom stereocenters. The first-order chi connectivity index (χ1) is 10.1.